The van der Waals surface area contributed by atoms with Gasteiger partial charge in [-0.25, -0.2) is 4.98 Å². The molecule has 2 atom stereocenters. The Balaban J connectivity index is 1.83. The Bertz CT molecular complexity index is 759. The summed E-state index contributed by atoms with van der Waals surface area (Å²) in [6.07, 6.45) is 0. The summed E-state index contributed by atoms with van der Waals surface area (Å²) in [4.78, 5) is 4.55. The summed E-state index contributed by atoms with van der Waals surface area (Å²) in [6.45, 7) is 8.44. The van der Waals surface area contributed by atoms with Gasteiger partial charge in [-0.3, -0.25) is 5.32 Å². The van der Waals surface area contributed by atoms with Crippen molar-refractivity contribution < 1.29 is 4.42 Å². The molecular formula is C17H20N2OS. The standard InChI is InChI=1S/C17H20N2OS/c1-10-9-21-17(18-10)13(4)19-12(3)16-11(2)14-7-5-6-8-15(14)20-16/h5-9,12-13,19H,1-4H3. The van der Waals surface area contributed by atoms with Crippen LogP contribution in [0.1, 0.15) is 48.0 Å². The Morgan fingerprint density at radius 2 is 1.90 bits per heavy atom. The molecule has 0 aliphatic heterocycles. The van der Waals surface area contributed by atoms with Gasteiger partial charge in [-0.05, 0) is 39.3 Å². The van der Waals surface area contributed by atoms with Crippen molar-refractivity contribution in [3.05, 3.63) is 51.7 Å². The lowest BCUT2D eigenvalue weighted by atomic mass is 10.1. The monoisotopic (exact) mass is 300 g/mol. The number of aryl methyl sites for hydroxylation is 2. The normalized spacial score (nSPS) is 14.5. The van der Waals surface area contributed by atoms with E-state index >= 15 is 0 Å². The predicted molar refractivity (Wildman–Crippen MR) is 87.8 cm³/mol. The third-order valence-corrected chi connectivity index (χ3v) is 4.93. The van der Waals surface area contributed by atoms with E-state index in [1.807, 2.05) is 25.1 Å². The maximum Gasteiger partial charge on any atom is 0.134 e. The van der Waals surface area contributed by atoms with Crippen molar-refractivity contribution in [3.63, 3.8) is 0 Å². The quantitative estimate of drug-likeness (QED) is 0.743. The minimum absolute atomic E-state index is 0.150. The van der Waals surface area contributed by atoms with Crippen LogP contribution in [0.25, 0.3) is 11.0 Å². The van der Waals surface area contributed by atoms with Crippen LogP contribution < -0.4 is 5.32 Å². The number of hydrogen-bond acceptors (Lipinski definition) is 4. The molecule has 2 heterocycles. The number of nitrogens with one attached hydrogen (secondary N) is 1. The average molecular weight is 300 g/mol. The van der Waals surface area contributed by atoms with Crippen molar-refractivity contribution in [1.82, 2.24) is 10.3 Å². The third-order valence-electron chi connectivity index (χ3n) is 3.78. The topological polar surface area (TPSA) is 38.1 Å². The fraction of sp³-hybridized carbons (Fsp3) is 0.353. The van der Waals surface area contributed by atoms with Crippen molar-refractivity contribution in [3.8, 4) is 0 Å². The van der Waals surface area contributed by atoms with E-state index in [2.05, 4.69) is 42.5 Å². The van der Waals surface area contributed by atoms with Crippen LogP contribution in [0.15, 0.2) is 34.1 Å². The van der Waals surface area contributed by atoms with Crippen LogP contribution in [0.5, 0.6) is 0 Å². The molecule has 1 aromatic carbocycles. The summed E-state index contributed by atoms with van der Waals surface area (Å²) >= 11 is 1.70. The molecule has 0 aliphatic rings. The molecular weight excluding hydrogens is 280 g/mol. The number of hydrogen-bond donors (Lipinski definition) is 1. The van der Waals surface area contributed by atoms with E-state index < -0.39 is 0 Å². The number of rotatable bonds is 4. The van der Waals surface area contributed by atoms with E-state index in [0.29, 0.717) is 0 Å². The van der Waals surface area contributed by atoms with Gasteiger partial charge in [0.25, 0.3) is 0 Å². The number of para-hydroxylation sites is 1. The van der Waals surface area contributed by atoms with Gasteiger partial charge in [-0.15, -0.1) is 11.3 Å². The highest BCUT2D eigenvalue weighted by Crippen LogP contribution is 2.30. The summed E-state index contributed by atoms with van der Waals surface area (Å²) in [5.74, 6) is 1.01. The molecule has 4 heteroatoms. The molecule has 110 valence electrons. The second-order valence-electron chi connectivity index (χ2n) is 5.52. The lowest BCUT2D eigenvalue weighted by Crippen LogP contribution is -2.22. The highest BCUT2D eigenvalue weighted by Gasteiger charge is 2.19. The molecule has 21 heavy (non-hydrogen) atoms. The first-order valence-electron chi connectivity index (χ1n) is 7.22. The lowest BCUT2D eigenvalue weighted by molar-refractivity contribution is 0.414. The van der Waals surface area contributed by atoms with Gasteiger partial charge >= 0.3 is 0 Å². The fourth-order valence-corrected chi connectivity index (χ4v) is 3.51. The van der Waals surface area contributed by atoms with Gasteiger partial charge in [0.05, 0.1) is 12.1 Å². The minimum atomic E-state index is 0.150. The van der Waals surface area contributed by atoms with E-state index in [4.69, 9.17) is 4.42 Å². The molecule has 0 fully saturated rings. The Hall–Kier alpha value is -1.65. The van der Waals surface area contributed by atoms with E-state index in [1.54, 1.807) is 11.3 Å². The Kier molecular flexibility index (Phi) is 3.83. The molecule has 0 amide bonds. The molecule has 3 nitrogen and oxygen atoms in total. The van der Waals surface area contributed by atoms with Gasteiger partial charge in [-0.2, -0.15) is 0 Å². The molecule has 0 spiro atoms. The smallest absolute Gasteiger partial charge is 0.134 e. The number of benzene rings is 1. The number of thiazole rings is 1. The van der Waals surface area contributed by atoms with Crippen LogP contribution in [-0.4, -0.2) is 4.98 Å². The highest BCUT2D eigenvalue weighted by molar-refractivity contribution is 7.09. The molecule has 0 saturated heterocycles. The second kappa shape index (κ2) is 5.62. The Morgan fingerprint density at radius 3 is 2.57 bits per heavy atom. The van der Waals surface area contributed by atoms with Crippen LogP contribution in [0, 0.1) is 13.8 Å². The van der Waals surface area contributed by atoms with Gasteiger partial charge in [0.2, 0.25) is 0 Å². The van der Waals surface area contributed by atoms with Crippen LogP contribution >= 0.6 is 11.3 Å². The first-order valence-corrected chi connectivity index (χ1v) is 8.10. The highest BCUT2D eigenvalue weighted by atomic mass is 32.1. The summed E-state index contributed by atoms with van der Waals surface area (Å²) in [6, 6.07) is 8.55. The molecule has 1 N–H and O–H groups in total. The van der Waals surface area contributed by atoms with Gasteiger partial charge in [0.15, 0.2) is 0 Å². The summed E-state index contributed by atoms with van der Waals surface area (Å²) in [5.41, 5.74) is 3.25. The van der Waals surface area contributed by atoms with Crippen LogP contribution in [0.3, 0.4) is 0 Å². The summed E-state index contributed by atoms with van der Waals surface area (Å²) in [5, 5.41) is 7.98. The molecule has 2 aromatic heterocycles. The van der Waals surface area contributed by atoms with Crippen molar-refractivity contribution in [2.24, 2.45) is 0 Å². The molecule has 2 unspecified atom stereocenters. The van der Waals surface area contributed by atoms with Crippen molar-refractivity contribution in [1.29, 1.82) is 0 Å². The Morgan fingerprint density at radius 1 is 1.14 bits per heavy atom. The van der Waals surface area contributed by atoms with E-state index in [0.717, 1.165) is 22.0 Å². The Labute approximate surface area is 129 Å². The van der Waals surface area contributed by atoms with Gasteiger partial charge in [0.1, 0.15) is 16.4 Å². The zero-order chi connectivity index (χ0) is 15.0. The molecule has 0 bridgehead atoms. The average Bonchev–Trinajstić information content (AvgIpc) is 3.04. The number of furan rings is 1. The van der Waals surface area contributed by atoms with E-state index in [1.165, 1.54) is 10.9 Å². The first-order chi connectivity index (χ1) is 10.1. The molecule has 3 aromatic rings. The molecule has 0 saturated carbocycles. The number of aromatic nitrogens is 1. The maximum absolute atomic E-state index is 6.02. The maximum atomic E-state index is 6.02. The summed E-state index contributed by atoms with van der Waals surface area (Å²) in [7, 11) is 0. The fourth-order valence-electron chi connectivity index (χ4n) is 2.70. The lowest BCUT2D eigenvalue weighted by Gasteiger charge is -2.17. The van der Waals surface area contributed by atoms with Crippen LogP contribution in [0.4, 0.5) is 0 Å². The SMILES string of the molecule is Cc1csc(C(C)NC(C)c2oc3ccccc3c2C)n1. The van der Waals surface area contributed by atoms with Crippen LogP contribution in [0.2, 0.25) is 0 Å². The third kappa shape index (κ3) is 2.74. The van der Waals surface area contributed by atoms with Gasteiger partial charge < -0.3 is 4.42 Å². The molecule has 3 rings (SSSR count). The minimum Gasteiger partial charge on any atom is -0.459 e. The van der Waals surface area contributed by atoms with E-state index in [-0.39, 0.29) is 12.1 Å². The predicted octanol–water partition coefficient (Wildman–Crippen LogP) is 4.92. The van der Waals surface area contributed by atoms with Gasteiger partial charge in [0, 0.05) is 16.5 Å². The van der Waals surface area contributed by atoms with Crippen molar-refractivity contribution in [2.45, 2.75) is 39.8 Å². The van der Waals surface area contributed by atoms with Gasteiger partial charge in [-0.1, -0.05) is 18.2 Å². The van der Waals surface area contributed by atoms with E-state index in [9.17, 15) is 0 Å². The zero-order valence-electron chi connectivity index (χ0n) is 12.8. The first kappa shape index (κ1) is 14.3. The molecule has 0 radical (unpaired) electrons. The number of nitrogens with zero attached hydrogens (tertiary/aromatic N) is 1. The summed E-state index contributed by atoms with van der Waals surface area (Å²) < 4.78 is 6.02. The second-order valence-corrected chi connectivity index (χ2v) is 6.41. The molecule has 0 aliphatic carbocycles. The number of fused-ring (bicyclic) bond motifs is 1. The van der Waals surface area contributed by atoms with Crippen LogP contribution in [-0.2, 0) is 0 Å². The van der Waals surface area contributed by atoms with Crippen molar-refractivity contribution in [2.75, 3.05) is 0 Å². The van der Waals surface area contributed by atoms with Crippen molar-refractivity contribution >= 4 is 22.3 Å². The largest absolute Gasteiger partial charge is 0.459 e. The zero-order valence-corrected chi connectivity index (χ0v) is 13.6.